The summed E-state index contributed by atoms with van der Waals surface area (Å²) in [5.41, 5.74) is 5.09. The highest BCUT2D eigenvalue weighted by Gasteiger charge is 2.23. The number of hydrogen-bond acceptors (Lipinski definition) is 5. The van der Waals surface area contributed by atoms with Gasteiger partial charge in [0.1, 0.15) is 4.90 Å². The third-order valence-electron chi connectivity index (χ3n) is 2.42. The minimum atomic E-state index is -4.07. The van der Waals surface area contributed by atoms with Crippen molar-refractivity contribution in [3.63, 3.8) is 0 Å². The number of hydrogen-bond donors (Lipinski definition) is 2. The van der Waals surface area contributed by atoms with Crippen molar-refractivity contribution >= 4 is 43.2 Å². The summed E-state index contributed by atoms with van der Waals surface area (Å²) in [6.45, 7) is 0.854. The van der Waals surface area contributed by atoms with Crippen LogP contribution >= 0.6 is 27.5 Å². The van der Waals surface area contributed by atoms with E-state index in [0.29, 0.717) is 13.2 Å². The number of sulfonamides is 1. The van der Waals surface area contributed by atoms with E-state index in [1.54, 1.807) is 0 Å². The Balaban J connectivity index is 2.75. The lowest BCUT2D eigenvalue weighted by molar-refractivity contribution is 0.0736. The number of nitrogens with one attached hydrogen (secondary N) is 1. The first kappa shape index (κ1) is 18.6. The molecule has 0 amide bonds. The van der Waals surface area contributed by atoms with Crippen molar-refractivity contribution in [3.05, 3.63) is 21.4 Å². The second-order valence-corrected chi connectivity index (χ2v) is 6.84. The molecule has 1 rings (SSSR count). The summed E-state index contributed by atoms with van der Waals surface area (Å²) < 4.78 is 50.1. The summed E-state index contributed by atoms with van der Waals surface area (Å²) in [6.07, 6.45) is 0. The molecule has 0 saturated heterocycles. The molecule has 1 aromatic rings. The molecule has 0 saturated carbocycles. The van der Waals surface area contributed by atoms with Crippen LogP contribution in [0.15, 0.2) is 15.4 Å². The zero-order chi connectivity index (χ0) is 16.0. The van der Waals surface area contributed by atoms with Gasteiger partial charge in [0.15, 0.2) is 5.82 Å². The maximum absolute atomic E-state index is 13.9. The first-order valence-electron chi connectivity index (χ1n) is 5.80. The Kier molecular flexibility index (Phi) is 7.31. The van der Waals surface area contributed by atoms with Crippen molar-refractivity contribution in [1.29, 1.82) is 0 Å². The van der Waals surface area contributed by atoms with Crippen molar-refractivity contribution in [2.75, 3.05) is 39.2 Å². The second kappa shape index (κ2) is 8.25. The average Bonchev–Trinajstić information content (AvgIpc) is 2.44. The zero-order valence-corrected chi connectivity index (χ0v) is 14.3. The van der Waals surface area contributed by atoms with Crippen molar-refractivity contribution < 1.29 is 22.3 Å². The number of nitrogens with two attached hydrogens (primary N) is 1. The van der Waals surface area contributed by atoms with Gasteiger partial charge in [0.2, 0.25) is 10.0 Å². The molecule has 21 heavy (non-hydrogen) atoms. The van der Waals surface area contributed by atoms with Crippen LogP contribution in [0.4, 0.5) is 10.1 Å². The molecule has 0 spiro atoms. The molecule has 0 aliphatic rings. The molecule has 0 heterocycles. The number of anilines is 1. The van der Waals surface area contributed by atoms with Crippen LogP contribution in [0.5, 0.6) is 0 Å². The summed E-state index contributed by atoms with van der Waals surface area (Å²) in [5.74, 6) is -1.06. The van der Waals surface area contributed by atoms with Crippen LogP contribution < -0.4 is 10.5 Å². The molecular weight excluding hydrogens is 391 g/mol. The van der Waals surface area contributed by atoms with Crippen molar-refractivity contribution in [2.24, 2.45) is 0 Å². The quantitative estimate of drug-likeness (QED) is 0.391. The molecular formula is C11H15BrClFN2O4S. The minimum absolute atomic E-state index is 0.00520. The van der Waals surface area contributed by atoms with Gasteiger partial charge in [0.25, 0.3) is 0 Å². The van der Waals surface area contributed by atoms with Gasteiger partial charge in [-0.1, -0.05) is 11.6 Å². The third-order valence-corrected chi connectivity index (χ3v) is 5.26. The van der Waals surface area contributed by atoms with Gasteiger partial charge < -0.3 is 15.2 Å². The highest BCUT2D eigenvalue weighted by molar-refractivity contribution is 9.10. The Labute approximate surface area is 135 Å². The molecule has 0 aliphatic heterocycles. The second-order valence-electron chi connectivity index (χ2n) is 3.90. The fraction of sp³-hybridized carbons (Fsp3) is 0.455. The van der Waals surface area contributed by atoms with E-state index in [0.717, 1.165) is 6.07 Å². The monoisotopic (exact) mass is 404 g/mol. The van der Waals surface area contributed by atoms with Crippen molar-refractivity contribution in [3.8, 4) is 0 Å². The number of benzene rings is 1. The van der Waals surface area contributed by atoms with Crippen LogP contribution in [0.3, 0.4) is 0 Å². The molecule has 0 fully saturated rings. The molecule has 0 radical (unpaired) electrons. The molecule has 120 valence electrons. The lowest BCUT2D eigenvalue weighted by Crippen LogP contribution is -2.28. The van der Waals surface area contributed by atoms with Crippen LogP contribution in [0.1, 0.15) is 0 Å². The van der Waals surface area contributed by atoms with Gasteiger partial charge in [-0.2, -0.15) is 0 Å². The van der Waals surface area contributed by atoms with E-state index in [9.17, 15) is 12.8 Å². The van der Waals surface area contributed by atoms with Gasteiger partial charge in [-0.15, -0.1) is 0 Å². The predicted molar refractivity (Wildman–Crippen MR) is 81.4 cm³/mol. The maximum atomic E-state index is 13.9. The standard InChI is InChI=1S/C11H15BrClFN2O4S/c1-19-4-5-20-3-2-16-21(17,18)8-6-7(13)9(12)11(15)10(8)14/h6,16H,2-5,15H2,1H3. The van der Waals surface area contributed by atoms with E-state index in [1.165, 1.54) is 7.11 Å². The van der Waals surface area contributed by atoms with Gasteiger partial charge in [0.05, 0.1) is 35.0 Å². The van der Waals surface area contributed by atoms with E-state index in [4.69, 9.17) is 26.8 Å². The van der Waals surface area contributed by atoms with Crippen LogP contribution in [0.2, 0.25) is 5.02 Å². The number of nitrogen functional groups attached to an aromatic ring is 1. The first-order valence-corrected chi connectivity index (χ1v) is 8.46. The third kappa shape index (κ3) is 5.04. The zero-order valence-electron chi connectivity index (χ0n) is 11.2. The highest BCUT2D eigenvalue weighted by atomic mass is 79.9. The fourth-order valence-corrected chi connectivity index (χ4v) is 3.06. The maximum Gasteiger partial charge on any atom is 0.243 e. The Bertz CT molecular complexity index is 600. The highest BCUT2D eigenvalue weighted by Crippen LogP contribution is 2.34. The summed E-state index contributed by atoms with van der Waals surface area (Å²) in [6, 6.07) is 0.992. The fourth-order valence-electron chi connectivity index (χ4n) is 1.37. The Morgan fingerprint density at radius 1 is 1.43 bits per heavy atom. The summed E-state index contributed by atoms with van der Waals surface area (Å²) in [7, 11) is -2.54. The molecule has 1 aromatic carbocycles. The Morgan fingerprint density at radius 2 is 2.10 bits per heavy atom. The van der Waals surface area contributed by atoms with Crippen LogP contribution in [0.25, 0.3) is 0 Å². The van der Waals surface area contributed by atoms with E-state index >= 15 is 0 Å². The Morgan fingerprint density at radius 3 is 2.71 bits per heavy atom. The number of ether oxygens (including phenoxy) is 2. The van der Waals surface area contributed by atoms with Gasteiger partial charge in [-0.25, -0.2) is 17.5 Å². The molecule has 6 nitrogen and oxygen atoms in total. The lowest BCUT2D eigenvalue weighted by atomic mass is 10.3. The topological polar surface area (TPSA) is 90.6 Å². The largest absolute Gasteiger partial charge is 0.395 e. The van der Waals surface area contributed by atoms with Gasteiger partial charge in [-0.05, 0) is 22.0 Å². The van der Waals surface area contributed by atoms with E-state index in [1.807, 2.05) is 0 Å². The summed E-state index contributed by atoms with van der Waals surface area (Å²) in [4.78, 5) is -0.606. The average molecular weight is 406 g/mol. The number of halogens is 3. The molecule has 0 atom stereocenters. The molecule has 0 aromatic heterocycles. The Hall–Kier alpha value is -0.450. The lowest BCUT2D eigenvalue weighted by Gasteiger charge is -2.11. The molecule has 0 unspecified atom stereocenters. The van der Waals surface area contributed by atoms with Crippen LogP contribution in [-0.4, -0.2) is 41.9 Å². The van der Waals surface area contributed by atoms with Crippen LogP contribution in [0, 0.1) is 5.82 Å². The van der Waals surface area contributed by atoms with Gasteiger partial charge >= 0.3 is 0 Å². The van der Waals surface area contributed by atoms with Crippen molar-refractivity contribution in [1.82, 2.24) is 4.72 Å². The number of rotatable bonds is 8. The normalized spacial score (nSPS) is 11.8. The first-order chi connectivity index (χ1) is 9.81. The molecule has 0 aliphatic carbocycles. The predicted octanol–water partition coefficient (Wildman–Crippen LogP) is 1.77. The van der Waals surface area contributed by atoms with E-state index in [-0.39, 0.29) is 28.3 Å². The molecule has 10 heteroatoms. The minimum Gasteiger partial charge on any atom is -0.395 e. The smallest absolute Gasteiger partial charge is 0.243 e. The number of methoxy groups -OCH3 is 1. The summed E-state index contributed by atoms with van der Waals surface area (Å²) in [5, 5.41) is 0.00520. The van der Waals surface area contributed by atoms with Gasteiger partial charge in [-0.3, -0.25) is 0 Å². The van der Waals surface area contributed by atoms with E-state index in [2.05, 4.69) is 20.7 Å². The SMILES string of the molecule is COCCOCCNS(=O)(=O)c1cc(Cl)c(Br)c(N)c1F. The molecule has 0 bridgehead atoms. The van der Waals surface area contributed by atoms with Gasteiger partial charge in [0, 0.05) is 13.7 Å². The van der Waals surface area contributed by atoms with Crippen molar-refractivity contribution in [2.45, 2.75) is 4.90 Å². The summed E-state index contributed by atoms with van der Waals surface area (Å²) >= 11 is 8.77. The molecule has 3 N–H and O–H groups in total. The van der Waals surface area contributed by atoms with E-state index < -0.39 is 20.7 Å². The van der Waals surface area contributed by atoms with Crippen LogP contribution in [-0.2, 0) is 19.5 Å².